The van der Waals surface area contributed by atoms with Gasteiger partial charge in [-0.15, -0.1) is 11.6 Å². The van der Waals surface area contributed by atoms with Gasteiger partial charge in [0.2, 0.25) is 0 Å². The minimum Gasteiger partial charge on any atom is -0.391 e. The molecular formula is C10H15Br2ClO2. The normalized spacial score (nSPS) is 18.4. The van der Waals surface area contributed by atoms with Gasteiger partial charge in [0.05, 0.1) is 15.8 Å². The van der Waals surface area contributed by atoms with Crippen LogP contribution in [0, 0.1) is 0 Å². The summed E-state index contributed by atoms with van der Waals surface area (Å²) in [7, 11) is 0. The SMILES string of the molecule is C/C(=C\CC(O)C(C)(Br)CCl)C(=O)CBr. The molecule has 2 unspecified atom stereocenters. The molecule has 2 nitrogen and oxygen atoms in total. The van der Waals surface area contributed by atoms with Crippen molar-refractivity contribution in [2.45, 2.75) is 30.7 Å². The van der Waals surface area contributed by atoms with Gasteiger partial charge in [-0.1, -0.05) is 37.9 Å². The topological polar surface area (TPSA) is 37.3 Å². The summed E-state index contributed by atoms with van der Waals surface area (Å²) in [5.41, 5.74) is 0.656. The molecule has 0 rings (SSSR count). The van der Waals surface area contributed by atoms with Crippen LogP contribution in [0.1, 0.15) is 20.3 Å². The number of allylic oxidation sites excluding steroid dienone is 1. The first-order valence-electron chi connectivity index (χ1n) is 4.54. The Bertz CT molecular complexity index is 252. The lowest BCUT2D eigenvalue weighted by Gasteiger charge is -2.25. The summed E-state index contributed by atoms with van der Waals surface area (Å²) >= 11 is 12.1. The van der Waals surface area contributed by atoms with Crippen LogP contribution in [0.3, 0.4) is 0 Å². The van der Waals surface area contributed by atoms with Gasteiger partial charge in [0.1, 0.15) is 0 Å². The minimum absolute atomic E-state index is 0.0318. The van der Waals surface area contributed by atoms with Crippen molar-refractivity contribution in [1.29, 1.82) is 0 Å². The smallest absolute Gasteiger partial charge is 0.168 e. The van der Waals surface area contributed by atoms with Gasteiger partial charge < -0.3 is 5.11 Å². The lowest BCUT2D eigenvalue weighted by atomic mass is 10.0. The number of aliphatic hydroxyl groups is 1. The van der Waals surface area contributed by atoms with E-state index in [2.05, 4.69) is 31.9 Å². The van der Waals surface area contributed by atoms with Crippen LogP contribution in [0.4, 0.5) is 0 Å². The molecular weight excluding hydrogens is 347 g/mol. The Kier molecular flexibility index (Phi) is 7.34. The van der Waals surface area contributed by atoms with Crippen molar-refractivity contribution >= 4 is 49.2 Å². The predicted octanol–water partition coefficient (Wildman–Crippen LogP) is 3.04. The Morgan fingerprint density at radius 1 is 1.67 bits per heavy atom. The molecule has 1 N–H and O–H groups in total. The van der Waals surface area contributed by atoms with E-state index in [0.29, 0.717) is 23.2 Å². The highest BCUT2D eigenvalue weighted by atomic mass is 79.9. The zero-order chi connectivity index (χ0) is 12.1. The van der Waals surface area contributed by atoms with Gasteiger partial charge in [-0.25, -0.2) is 0 Å². The maximum absolute atomic E-state index is 11.2. The monoisotopic (exact) mass is 360 g/mol. The fraction of sp³-hybridized carbons (Fsp3) is 0.700. The molecule has 0 heterocycles. The number of carbonyl (C=O) groups excluding carboxylic acids is 1. The van der Waals surface area contributed by atoms with Crippen LogP contribution in [0.25, 0.3) is 0 Å². The molecule has 0 aromatic heterocycles. The molecule has 5 heteroatoms. The number of alkyl halides is 3. The maximum atomic E-state index is 11.2. The molecule has 0 fully saturated rings. The Labute approximate surface area is 112 Å². The summed E-state index contributed by atoms with van der Waals surface area (Å²) in [6, 6.07) is 0. The summed E-state index contributed by atoms with van der Waals surface area (Å²) in [6.07, 6.45) is 1.55. The average Bonchev–Trinajstić information content (AvgIpc) is 2.23. The van der Waals surface area contributed by atoms with E-state index in [1.165, 1.54) is 0 Å². The van der Waals surface area contributed by atoms with Gasteiger partial charge in [0.25, 0.3) is 0 Å². The molecule has 0 saturated carbocycles. The van der Waals surface area contributed by atoms with E-state index >= 15 is 0 Å². The number of aliphatic hydroxyl groups excluding tert-OH is 1. The third-order valence-electron chi connectivity index (χ3n) is 2.16. The second kappa shape index (κ2) is 7.05. The number of hydrogen-bond donors (Lipinski definition) is 1. The standard InChI is InChI=1S/C10H15Br2ClO2/c1-7(8(14)5-11)3-4-9(15)10(2,12)6-13/h3,9,15H,4-6H2,1-2H3/b7-3+. The van der Waals surface area contributed by atoms with Crippen molar-refractivity contribution in [3.05, 3.63) is 11.6 Å². The molecule has 0 bridgehead atoms. The molecule has 0 aliphatic carbocycles. The minimum atomic E-state index is -0.604. The summed E-state index contributed by atoms with van der Waals surface area (Å²) in [6.45, 7) is 3.56. The molecule has 15 heavy (non-hydrogen) atoms. The molecule has 0 amide bonds. The highest BCUT2D eigenvalue weighted by Gasteiger charge is 2.28. The summed E-state index contributed by atoms with van der Waals surface area (Å²) in [5.74, 6) is 0.345. The second-order valence-electron chi connectivity index (χ2n) is 3.61. The van der Waals surface area contributed by atoms with Gasteiger partial charge in [0, 0.05) is 5.88 Å². The van der Waals surface area contributed by atoms with Crippen molar-refractivity contribution in [3.8, 4) is 0 Å². The van der Waals surface area contributed by atoms with Crippen LogP contribution in [0.5, 0.6) is 0 Å². The van der Waals surface area contributed by atoms with Crippen molar-refractivity contribution in [2.24, 2.45) is 0 Å². The van der Waals surface area contributed by atoms with Crippen molar-refractivity contribution < 1.29 is 9.90 Å². The number of ketones is 1. The molecule has 0 radical (unpaired) electrons. The number of halogens is 3. The average molecular weight is 362 g/mol. The number of hydrogen-bond acceptors (Lipinski definition) is 2. The maximum Gasteiger partial charge on any atom is 0.168 e. The zero-order valence-corrected chi connectivity index (χ0v) is 12.7. The van der Waals surface area contributed by atoms with E-state index in [9.17, 15) is 9.90 Å². The third kappa shape index (κ3) is 5.48. The van der Waals surface area contributed by atoms with E-state index in [1.54, 1.807) is 13.0 Å². The first kappa shape index (κ1) is 15.6. The van der Waals surface area contributed by atoms with Crippen molar-refractivity contribution in [1.82, 2.24) is 0 Å². The van der Waals surface area contributed by atoms with Crippen LogP contribution in [-0.2, 0) is 4.79 Å². The van der Waals surface area contributed by atoms with Gasteiger partial charge in [-0.3, -0.25) is 4.79 Å². The highest BCUT2D eigenvalue weighted by molar-refractivity contribution is 9.10. The Hall–Kier alpha value is 0.620. The fourth-order valence-corrected chi connectivity index (χ4v) is 1.65. The van der Waals surface area contributed by atoms with Gasteiger partial charge >= 0.3 is 0 Å². The van der Waals surface area contributed by atoms with Crippen LogP contribution >= 0.6 is 43.5 Å². The molecule has 0 saturated heterocycles. The lowest BCUT2D eigenvalue weighted by Crippen LogP contribution is -2.34. The molecule has 88 valence electrons. The Morgan fingerprint density at radius 2 is 2.20 bits per heavy atom. The quantitative estimate of drug-likeness (QED) is 0.582. The number of carbonyl (C=O) groups is 1. The largest absolute Gasteiger partial charge is 0.391 e. The fourth-order valence-electron chi connectivity index (χ4n) is 0.842. The first-order chi connectivity index (χ1) is 6.85. The van der Waals surface area contributed by atoms with Crippen LogP contribution in [0.15, 0.2) is 11.6 Å². The zero-order valence-electron chi connectivity index (χ0n) is 8.77. The van der Waals surface area contributed by atoms with Crippen molar-refractivity contribution in [2.75, 3.05) is 11.2 Å². The molecule has 0 aromatic rings. The van der Waals surface area contributed by atoms with Crippen molar-refractivity contribution in [3.63, 3.8) is 0 Å². The molecule has 0 aliphatic rings. The molecule has 0 spiro atoms. The Balaban J connectivity index is 4.32. The lowest BCUT2D eigenvalue weighted by molar-refractivity contribution is -0.113. The molecule has 0 aliphatic heterocycles. The van der Waals surface area contributed by atoms with Gasteiger partial charge in [-0.05, 0) is 25.8 Å². The Morgan fingerprint density at radius 3 is 2.60 bits per heavy atom. The van der Waals surface area contributed by atoms with Crippen LogP contribution < -0.4 is 0 Å². The molecule has 0 aromatic carbocycles. The summed E-state index contributed by atoms with van der Waals surface area (Å²) < 4.78 is -0.511. The number of Topliss-reactive ketones (excluding diaryl/α,β-unsaturated/α-hetero) is 1. The third-order valence-corrected chi connectivity index (χ3v) is 4.36. The van der Waals surface area contributed by atoms with E-state index in [0.717, 1.165) is 0 Å². The summed E-state index contributed by atoms with van der Waals surface area (Å²) in [5, 5.41) is 10.1. The molecule has 2 atom stereocenters. The highest BCUT2D eigenvalue weighted by Crippen LogP contribution is 2.26. The summed E-state index contributed by atoms with van der Waals surface area (Å²) in [4.78, 5) is 11.2. The van der Waals surface area contributed by atoms with E-state index in [4.69, 9.17) is 11.6 Å². The van der Waals surface area contributed by atoms with Crippen LogP contribution in [-0.4, -0.2) is 32.5 Å². The van der Waals surface area contributed by atoms with E-state index in [1.807, 2.05) is 6.92 Å². The van der Waals surface area contributed by atoms with Crippen LogP contribution in [0.2, 0.25) is 0 Å². The first-order valence-corrected chi connectivity index (χ1v) is 6.99. The predicted molar refractivity (Wildman–Crippen MR) is 71.2 cm³/mol. The number of rotatable bonds is 6. The van der Waals surface area contributed by atoms with Gasteiger partial charge in [0.15, 0.2) is 5.78 Å². The van der Waals surface area contributed by atoms with Gasteiger partial charge in [-0.2, -0.15) is 0 Å². The second-order valence-corrected chi connectivity index (χ2v) is 6.25. The van der Waals surface area contributed by atoms with E-state index < -0.39 is 10.4 Å². The van der Waals surface area contributed by atoms with E-state index in [-0.39, 0.29) is 5.78 Å².